The molecule has 3 rings (SSSR count). The number of carbonyl (C=O) groups is 1. The van der Waals surface area contributed by atoms with Gasteiger partial charge in [-0.05, 0) is 36.8 Å². The van der Waals surface area contributed by atoms with Crippen molar-refractivity contribution in [2.24, 2.45) is 4.40 Å². The van der Waals surface area contributed by atoms with Crippen LogP contribution in [0, 0.1) is 6.92 Å². The van der Waals surface area contributed by atoms with Crippen LogP contribution in [0.25, 0.3) is 0 Å². The van der Waals surface area contributed by atoms with Crippen molar-refractivity contribution in [3.63, 3.8) is 0 Å². The highest BCUT2D eigenvalue weighted by Crippen LogP contribution is 2.17. The maximum Gasteiger partial charge on any atom is 0.257 e. The molecule has 2 heterocycles. The Bertz CT molecular complexity index is 822. The van der Waals surface area contributed by atoms with E-state index < -0.39 is 10.0 Å². The second kappa shape index (κ2) is 5.42. The van der Waals surface area contributed by atoms with E-state index >= 15 is 0 Å². The lowest BCUT2D eigenvalue weighted by Gasteiger charge is -2.26. The zero-order chi connectivity index (χ0) is 15.7. The third kappa shape index (κ3) is 3.09. The Morgan fingerprint density at radius 1 is 1.32 bits per heavy atom. The van der Waals surface area contributed by atoms with Crippen LogP contribution in [-0.2, 0) is 14.8 Å². The Hall–Kier alpha value is -2.41. The average Bonchev–Trinajstić information content (AvgIpc) is 2.46. The summed E-state index contributed by atoms with van der Waals surface area (Å²) in [6.07, 6.45) is 4.74. The summed E-state index contributed by atoms with van der Waals surface area (Å²) in [6.45, 7) is 2.25. The van der Waals surface area contributed by atoms with E-state index in [0.717, 1.165) is 11.3 Å². The number of amides is 1. The monoisotopic (exact) mass is 317 g/mol. The molecule has 0 saturated heterocycles. The topological polar surface area (TPSA) is 78.8 Å². The predicted octanol–water partition coefficient (Wildman–Crippen LogP) is 1.43. The molecule has 0 atom stereocenters. The summed E-state index contributed by atoms with van der Waals surface area (Å²) in [4.78, 5) is 13.9. The average molecular weight is 317 g/mol. The number of nitrogens with one attached hydrogen (secondary N) is 1. The molecule has 114 valence electrons. The number of sulfonamides is 1. The first-order valence-electron chi connectivity index (χ1n) is 6.80. The van der Waals surface area contributed by atoms with Crippen molar-refractivity contribution in [2.45, 2.75) is 6.92 Å². The summed E-state index contributed by atoms with van der Waals surface area (Å²) in [6, 6.07) is 7.52. The number of nitrogens with zero attached hydrogens (tertiary/aromatic N) is 2. The molecule has 0 fully saturated rings. The molecule has 0 saturated carbocycles. The minimum atomic E-state index is -3.38. The lowest BCUT2D eigenvalue weighted by molar-refractivity contribution is -0.112. The number of hydrogen-bond acceptors (Lipinski definition) is 4. The van der Waals surface area contributed by atoms with Crippen LogP contribution in [0.3, 0.4) is 0 Å². The molecule has 1 amide bonds. The quantitative estimate of drug-likeness (QED) is 0.895. The smallest absolute Gasteiger partial charge is 0.257 e. The van der Waals surface area contributed by atoms with Gasteiger partial charge in [-0.2, -0.15) is 0 Å². The molecule has 2 aliphatic heterocycles. The van der Waals surface area contributed by atoms with Gasteiger partial charge < -0.3 is 10.2 Å². The first-order valence-corrected chi connectivity index (χ1v) is 8.41. The second-order valence-electron chi connectivity index (χ2n) is 5.17. The molecule has 0 radical (unpaired) electrons. The summed E-state index contributed by atoms with van der Waals surface area (Å²) in [5.41, 5.74) is 2.24. The number of hydrogen-bond donors (Lipinski definition) is 1. The number of fused-ring (bicyclic) bond motifs is 1. The van der Waals surface area contributed by atoms with E-state index in [2.05, 4.69) is 9.71 Å². The highest BCUT2D eigenvalue weighted by molar-refractivity contribution is 7.90. The third-order valence-corrected chi connectivity index (χ3v) is 4.53. The van der Waals surface area contributed by atoms with Crippen LogP contribution in [0.5, 0.6) is 0 Å². The Morgan fingerprint density at radius 2 is 2.14 bits per heavy atom. The van der Waals surface area contributed by atoms with E-state index in [1.165, 1.54) is 0 Å². The summed E-state index contributed by atoms with van der Waals surface area (Å²) >= 11 is 0. The first kappa shape index (κ1) is 14.5. The fraction of sp³-hybridized carbons (Fsp3) is 0.200. The van der Waals surface area contributed by atoms with E-state index in [-0.39, 0.29) is 11.7 Å². The molecule has 0 bridgehead atoms. The summed E-state index contributed by atoms with van der Waals surface area (Å²) in [5, 5.41) is 2.82. The zero-order valence-electron chi connectivity index (χ0n) is 12.0. The van der Waals surface area contributed by atoms with Crippen LogP contribution >= 0.6 is 0 Å². The fourth-order valence-corrected chi connectivity index (χ4v) is 3.23. The van der Waals surface area contributed by atoms with Gasteiger partial charge in [0.25, 0.3) is 15.9 Å². The second-order valence-corrected chi connectivity index (χ2v) is 6.92. The summed E-state index contributed by atoms with van der Waals surface area (Å²) < 4.78 is 26.6. The SMILES string of the molecule is Cc1cccc(NC(=O)C2=CN3CCS(=O)(=O)N=C3C=C2)c1. The van der Waals surface area contributed by atoms with Crippen molar-refractivity contribution in [1.29, 1.82) is 0 Å². The standard InChI is InChI=1S/C15H15N3O3S/c1-11-3-2-4-13(9-11)16-15(19)12-5-6-14-17-22(20,21)8-7-18(14)10-12/h2-6,9-10H,7-8H2,1H3,(H,16,19). The molecular formula is C15H15N3O3S. The summed E-state index contributed by atoms with van der Waals surface area (Å²) in [5.74, 6) is 0.0563. The molecule has 1 N–H and O–H groups in total. The Morgan fingerprint density at radius 3 is 2.91 bits per heavy atom. The van der Waals surface area contributed by atoms with Gasteiger partial charge in [-0.25, -0.2) is 8.42 Å². The Labute approximate surface area is 128 Å². The lowest BCUT2D eigenvalue weighted by atomic mass is 10.1. The van der Waals surface area contributed by atoms with Crippen molar-refractivity contribution < 1.29 is 13.2 Å². The number of benzene rings is 1. The molecule has 22 heavy (non-hydrogen) atoms. The van der Waals surface area contributed by atoms with E-state index in [1.54, 1.807) is 23.3 Å². The van der Waals surface area contributed by atoms with Gasteiger partial charge in [0.2, 0.25) is 0 Å². The van der Waals surface area contributed by atoms with E-state index in [1.807, 2.05) is 31.2 Å². The summed E-state index contributed by atoms with van der Waals surface area (Å²) in [7, 11) is -3.38. The number of rotatable bonds is 2. The van der Waals surface area contributed by atoms with Crippen molar-refractivity contribution in [3.05, 3.63) is 53.8 Å². The van der Waals surface area contributed by atoms with Gasteiger partial charge in [-0.15, -0.1) is 4.40 Å². The van der Waals surface area contributed by atoms with Gasteiger partial charge in [0.15, 0.2) is 0 Å². The van der Waals surface area contributed by atoms with Crippen LogP contribution in [0.15, 0.2) is 52.6 Å². The van der Waals surface area contributed by atoms with Crippen LogP contribution in [0.4, 0.5) is 5.69 Å². The maximum absolute atomic E-state index is 12.3. The molecule has 0 aromatic heterocycles. The maximum atomic E-state index is 12.3. The molecule has 1 aromatic rings. The number of aryl methyl sites for hydroxylation is 1. The van der Waals surface area contributed by atoms with Gasteiger partial charge in [-0.3, -0.25) is 4.79 Å². The normalized spacial score (nSPS) is 19.0. The van der Waals surface area contributed by atoms with Gasteiger partial charge in [0.1, 0.15) is 5.84 Å². The van der Waals surface area contributed by atoms with Crippen molar-refractivity contribution >= 4 is 27.5 Å². The van der Waals surface area contributed by atoms with Gasteiger partial charge >= 0.3 is 0 Å². The Balaban J connectivity index is 1.78. The Kier molecular flexibility index (Phi) is 3.58. The number of anilines is 1. The fourth-order valence-electron chi connectivity index (χ4n) is 2.26. The van der Waals surface area contributed by atoms with Gasteiger partial charge in [-0.1, -0.05) is 12.1 Å². The van der Waals surface area contributed by atoms with Crippen molar-refractivity contribution in [3.8, 4) is 0 Å². The van der Waals surface area contributed by atoms with Crippen molar-refractivity contribution in [2.75, 3.05) is 17.6 Å². The van der Waals surface area contributed by atoms with Crippen LogP contribution in [0.1, 0.15) is 5.56 Å². The molecular weight excluding hydrogens is 302 g/mol. The first-order chi connectivity index (χ1) is 10.4. The molecule has 1 aromatic carbocycles. The molecule has 0 unspecified atom stereocenters. The third-order valence-electron chi connectivity index (χ3n) is 3.36. The van der Waals surface area contributed by atoms with Gasteiger partial charge in [0, 0.05) is 18.4 Å². The molecule has 0 spiro atoms. The number of carbonyl (C=O) groups excluding carboxylic acids is 1. The highest BCUT2D eigenvalue weighted by atomic mass is 32.2. The zero-order valence-corrected chi connectivity index (χ0v) is 12.8. The van der Waals surface area contributed by atoms with Crippen LogP contribution in [-0.4, -0.2) is 37.4 Å². The molecule has 2 aliphatic rings. The van der Waals surface area contributed by atoms with Crippen molar-refractivity contribution in [1.82, 2.24) is 4.90 Å². The largest absolute Gasteiger partial charge is 0.330 e. The molecule has 6 nitrogen and oxygen atoms in total. The van der Waals surface area contributed by atoms with E-state index in [4.69, 9.17) is 0 Å². The predicted molar refractivity (Wildman–Crippen MR) is 85.0 cm³/mol. The van der Waals surface area contributed by atoms with Gasteiger partial charge in [0.05, 0.1) is 11.3 Å². The highest BCUT2D eigenvalue weighted by Gasteiger charge is 2.24. The number of amidine groups is 1. The van der Waals surface area contributed by atoms with Crippen LogP contribution < -0.4 is 5.32 Å². The minimum absolute atomic E-state index is 0.0480. The molecule has 0 aliphatic carbocycles. The van der Waals surface area contributed by atoms with Crippen LogP contribution in [0.2, 0.25) is 0 Å². The lowest BCUT2D eigenvalue weighted by Crippen LogP contribution is -2.37. The molecule has 7 heteroatoms. The van der Waals surface area contributed by atoms with E-state index in [0.29, 0.717) is 18.0 Å². The minimum Gasteiger partial charge on any atom is -0.330 e. The van der Waals surface area contributed by atoms with E-state index in [9.17, 15) is 13.2 Å².